The van der Waals surface area contributed by atoms with E-state index in [0.29, 0.717) is 17.9 Å². The second-order valence-electron chi connectivity index (χ2n) is 5.17. The zero-order valence-electron chi connectivity index (χ0n) is 12.9. The van der Waals surface area contributed by atoms with Crippen molar-refractivity contribution in [1.29, 1.82) is 0 Å². The number of sulfonamides is 1. The first kappa shape index (κ1) is 16.9. The van der Waals surface area contributed by atoms with Crippen LogP contribution in [-0.4, -0.2) is 47.6 Å². The van der Waals surface area contributed by atoms with Gasteiger partial charge in [-0.15, -0.1) is 0 Å². The van der Waals surface area contributed by atoms with Gasteiger partial charge in [-0.25, -0.2) is 13.1 Å². The normalized spacial score (nSPS) is 11.9. The Bertz CT molecular complexity index is 554. The molecule has 0 aromatic heterocycles. The molecule has 0 amide bonds. The SMILES string of the molecule is COc1cc(C)cc(C)c1S(=O)(=O)NCCCN(C)C. The van der Waals surface area contributed by atoms with E-state index >= 15 is 0 Å². The van der Waals surface area contributed by atoms with Gasteiger partial charge in [0.1, 0.15) is 10.6 Å². The summed E-state index contributed by atoms with van der Waals surface area (Å²) in [7, 11) is 1.86. The maximum Gasteiger partial charge on any atom is 0.244 e. The summed E-state index contributed by atoms with van der Waals surface area (Å²) in [5.41, 5.74) is 1.67. The molecule has 0 saturated heterocycles. The van der Waals surface area contributed by atoms with E-state index in [2.05, 4.69) is 4.72 Å². The number of ether oxygens (including phenoxy) is 1. The molecule has 5 nitrogen and oxygen atoms in total. The summed E-state index contributed by atoms with van der Waals surface area (Å²) >= 11 is 0. The molecule has 0 spiro atoms. The summed E-state index contributed by atoms with van der Waals surface area (Å²) in [4.78, 5) is 2.25. The third kappa shape index (κ3) is 4.47. The second kappa shape index (κ2) is 7.06. The average molecular weight is 300 g/mol. The Labute approximate surface area is 122 Å². The molecule has 0 heterocycles. The van der Waals surface area contributed by atoms with Crippen LogP contribution in [0.3, 0.4) is 0 Å². The Morgan fingerprint density at radius 1 is 1.25 bits per heavy atom. The van der Waals surface area contributed by atoms with E-state index < -0.39 is 10.0 Å². The van der Waals surface area contributed by atoms with Crippen LogP contribution in [0.4, 0.5) is 0 Å². The molecular weight excluding hydrogens is 276 g/mol. The minimum absolute atomic E-state index is 0.232. The predicted molar refractivity (Wildman–Crippen MR) is 80.8 cm³/mol. The molecule has 0 radical (unpaired) electrons. The first-order valence-electron chi connectivity index (χ1n) is 6.57. The van der Waals surface area contributed by atoms with Gasteiger partial charge in [0.2, 0.25) is 10.0 Å². The summed E-state index contributed by atoms with van der Waals surface area (Å²) in [5.74, 6) is 0.391. The number of hydrogen-bond donors (Lipinski definition) is 1. The van der Waals surface area contributed by atoms with Crippen LogP contribution < -0.4 is 9.46 Å². The van der Waals surface area contributed by atoms with E-state index in [-0.39, 0.29) is 4.90 Å². The van der Waals surface area contributed by atoms with E-state index in [1.54, 1.807) is 13.0 Å². The van der Waals surface area contributed by atoms with Gasteiger partial charge in [-0.1, -0.05) is 6.07 Å². The fourth-order valence-corrected chi connectivity index (χ4v) is 3.53. The van der Waals surface area contributed by atoms with Gasteiger partial charge in [0, 0.05) is 6.54 Å². The topological polar surface area (TPSA) is 58.6 Å². The Balaban J connectivity index is 2.92. The van der Waals surface area contributed by atoms with Gasteiger partial charge in [0.25, 0.3) is 0 Å². The molecule has 0 unspecified atom stereocenters. The van der Waals surface area contributed by atoms with E-state index in [1.165, 1.54) is 7.11 Å². The van der Waals surface area contributed by atoms with Crippen LogP contribution in [0.5, 0.6) is 5.75 Å². The lowest BCUT2D eigenvalue weighted by molar-refractivity contribution is 0.397. The predicted octanol–water partition coefficient (Wildman–Crippen LogP) is 1.54. The lowest BCUT2D eigenvalue weighted by Crippen LogP contribution is -2.28. The Hall–Kier alpha value is -1.11. The summed E-state index contributed by atoms with van der Waals surface area (Å²) in [5, 5.41) is 0. The van der Waals surface area contributed by atoms with Crippen LogP contribution >= 0.6 is 0 Å². The van der Waals surface area contributed by atoms with Gasteiger partial charge in [-0.05, 0) is 58.1 Å². The fraction of sp³-hybridized carbons (Fsp3) is 0.571. The molecule has 0 fully saturated rings. The van der Waals surface area contributed by atoms with Crippen molar-refractivity contribution in [3.8, 4) is 5.75 Å². The zero-order chi connectivity index (χ0) is 15.3. The van der Waals surface area contributed by atoms with E-state index in [1.807, 2.05) is 32.0 Å². The van der Waals surface area contributed by atoms with Crippen molar-refractivity contribution >= 4 is 10.0 Å². The molecule has 0 bridgehead atoms. The molecule has 114 valence electrons. The molecule has 0 aliphatic carbocycles. The Morgan fingerprint density at radius 2 is 1.90 bits per heavy atom. The van der Waals surface area contributed by atoms with E-state index in [9.17, 15) is 8.42 Å². The first-order valence-corrected chi connectivity index (χ1v) is 8.06. The fourth-order valence-electron chi connectivity index (χ4n) is 2.09. The summed E-state index contributed by atoms with van der Waals surface area (Å²) in [6.45, 7) is 4.95. The first-order chi connectivity index (χ1) is 9.27. The Morgan fingerprint density at radius 3 is 2.45 bits per heavy atom. The number of methoxy groups -OCH3 is 1. The number of hydrogen-bond acceptors (Lipinski definition) is 4. The molecule has 1 N–H and O–H groups in total. The van der Waals surface area contributed by atoms with Crippen LogP contribution in [0.2, 0.25) is 0 Å². The number of aryl methyl sites for hydroxylation is 2. The number of benzene rings is 1. The molecule has 6 heteroatoms. The highest BCUT2D eigenvalue weighted by Gasteiger charge is 2.22. The van der Waals surface area contributed by atoms with Crippen molar-refractivity contribution in [2.24, 2.45) is 0 Å². The van der Waals surface area contributed by atoms with E-state index in [4.69, 9.17) is 4.74 Å². The third-order valence-corrected chi connectivity index (χ3v) is 4.59. The van der Waals surface area contributed by atoms with Gasteiger partial charge in [-0.3, -0.25) is 0 Å². The highest BCUT2D eigenvalue weighted by molar-refractivity contribution is 7.89. The maximum absolute atomic E-state index is 12.4. The number of nitrogens with one attached hydrogen (secondary N) is 1. The molecule has 0 aliphatic rings. The second-order valence-corrected chi connectivity index (χ2v) is 6.87. The lowest BCUT2D eigenvalue weighted by atomic mass is 10.1. The van der Waals surface area contributed by atoms with Gasteiger partial charge in [0.05, 0.1) is 7.11 Å². The van der Waals surface area contributed by atoms with Crippen LogP contribution in [0.1, 0.15) is 17.5 Å². The smallest absolute Gasteiger partial charge is 0.244 e. The molecule has 0 saturated carbocycles. The van der Waals surface area contributed by atoms with Crippen molar-refractivity contribution in [1.82, 2.24) is 9.62 Å². The number of nitrogens with zero attached hydrogens (tertiary/aromatic N) is 1. The van der Waals surface area contributed by atoms with Gasteiger partial charge >= 0.3 is 0 Å². The zero-order valence-corrected chi connectivity index (χ0v) is 13.7. The molecule has 0 atom stereocenters. The van der Waals surface area contributed by atoms with Crippen LogP contribution in [0, 0.1) is 13.8 Å². The minimum atomic E-state index is -3.54. The van der Waals surface area contributed by atoms with Crippen LogP contribution in [-0.2, 0) is 10.0 Å². The summed E-state index contributed by atoms with van der Waals surface area (Å²) in [6, 6.07) is 3.58. The molecule has 1 aromatic rings. The van der Waals surface area contributed by atoms with Crippen molar-refractivity contribution in [3.05, 3.63) is 23.3 Å². The van der Waals surface area contributed by atoms with Crippen molar-refractivity contribution in [2.45, 2.75) is 25.2 Å². The quantitative estimate of drug-likeness (QED) is 0.776. The highest BCUT2D eigenvalue weighted by Crippen LogP contribution is 2.28. The van der Waals surface area contributed by atoms with E-state index in [0.717, 1.165) is 18.5 Å². The molecule has 0 aliphatic heterocycles. The van der Waals surface area contributed by atoms with Gasteiger partial charge in [-0.2, -0.15) is 0 Å². The summed E-state index contributed by atoms with van der Waals surface area (Å²) in [6.07, 6.45) is 0.763. The van der Waals surface area contributed by atoms with Crippen molar-refractivity contribution < 1.29 is 13.2 Å². The van der Waals surface area contributed by atoms with Crippen molar-refractivity contribution in [2.75, 3.05) is 34.3 Å². The monoisotopic (exact) mass is 300 g/mol. The molecule has 1 aromatic carbocycles. The van der Waals surface area contributed by atoms with Gasteiger partial charge in [0.15, 0.2) is 0 Å². The van der Waals surface area contributed by atoms with Crippen LogP contribution in [0.15, 0.2) is 17.0 Å². The van der Waals surface area contributed by atoms with Crippen molar-refractivity contribution in [3.63, 3.8) is 0 Å². The molecule has 1 rings (SSSR count). The largest absolute Gasteiger partial charge is 0.495 e. The average Bonchev–Trinajstić information content (AvgIpc) is 2.32. The summed E-state index contributed by atoms with van der Waals surface area (Å²) < 4.78 is 32.6. The third-order valence-electron chi connectivity index (χ3n) is 2.95. The highest BCUT2D eigenvalue weighted by atomic mass is 32.2. The Kier molecular flexibility index (Phi) is 5.98. The van der Waals surface area contributed by atoms with Gasteiger partial charge < -0.3 is 9.64 Å². The number of rotatable bonds is 7. The molecule has 20 heavy (non-hydrogen) atoms. The minimum Gasteiger partial charge on any atom is -0.495 e. The standard InChI is InChI=1S/C14H24N2O3S/c1-11-9-12(2)14(13(10-11)19-5)20(17,18)15-7-6-8-16(3)4/h9-10,15H,6-8H2,1-5H3. The maximum atomic E-state index is 12.4. The lowest BCUT2D eigenvalue weighted by Gasteiger charge is -2.15. The molecular formula is C14H24N2O3S. The van der Waals surface area contributed by atoms with Crippen LogP contribution in [0.25, 0.3) is 0 Å².